The quantitative estimate of drug-likeness (QED) is 0.765. The number of rotatable bonds is 3. The van der Waals surface area contributed by atoms with E-state index < -0.39 is 15.2 Å². The first-order valence-corrected chi connectivity index (χ1v) is 8.80. The molecule has 0 saturated heterocycles. The minimum Gasteiger partial charge on any atom is -0.224 e. The second-order valence-electron chi connectivity index (χ2n) is 4.83. The monoisotopic (exact) mass is 346 g/mol. The molecule has 0 fully saturated rings. The van der Waals surface area contributed by atoms with Crippen LogP contribution in [0.1, 0.15) is 22.1 Å². The van der Waals surface area contributed by atoms with Gasteiger partial charge < -0.3 is 0 Å². The van der Waals surface area contributed by atoms with Crippen molar-refractivity contribution in [3.63, 3.8) is 0 Å². The van der Waals surface area contributed by atoms with E-state index in [0.29, 0.717) is 16.7 Å². The first-order chi connectivity index (χ1) is 9.70. The summed E-state index contributed by atoms with van der Waals surface area (Å²) in [5.74, 6) is -0.389. The summed E-state index contributed by atoms with van der Waals surface area (Å²) in [6.07, 6.45) is 1.14. The number of alkyl halides is 1. The highest BCUT2D eigenvalue weighted by Crippen LogP contribution is 2.35. The maximum absolute atomic E-state index is 13.4. The number of sulfone groups is 1. The number of aryl methyl sites for hydroxylation is 1. The van der Waals surface area contributed by atoms with Gasteiger partial charge in [0.1, 0.15) is 5.82 Å². The maximum Gasteiger partial charge on any atom is 0.175 e. The van der Waals surface area contributed by atoms with Gasteiger partial charge in [-0.15, -0.1) is 11.6 Å². The van der Waals surface area contributed by atoms with Crippen LogP contribution in [0.5, 0.6) is 0 Å². The van der Waals surface area contributed by atoms with Gasteiger partial charge in [0.05, 0.1) is 10.3 Å². The fourth-order valence-corrected chi connectivity index (χ4v) is 3.21. The van der Waals surface area contributed by atoms with Crippen molar-refractivity contribution < 1.29 is 12.8 Å². The molecular weight excluding hydrogens is 334 g/mol. The summed E-state index contributed by atoms with van der Waals surface area (Å²) in [5, 5.41) is -0.337. The third kappa shape index (κ3) is 3.57. The van der Waals surface area contributed by atoms with Crippen molar-refractivity contribution in [2.75, 3.05) is 6.26 Å². The van der Waals surface area contributed by atoms with Crippen LogP contribution in [0, 0.1) is 12.7 Å². The Hall–Kier alpha value is -1.10. The zero-order chi connectivity index (χ0) is 15.8. The molecule has 0 spiro atoms. The summed E-state index contributed by atoms with van der Waals surface area (Å²) in [4.78, 5) is 0.219. The summed E-state index contributed by atoms with van der Waals surface area (Å²) < 4.78 is 36.3. The Kier molecular flexibility index (Phi) is 4.61. The Bertz CT molecular complexity index is 771. The van der Waals surface area contributed by atoms with E-state index in [1.165, 1.54) is 18.2 Å². The maximum atomic E-state index is 13.4. The third-order valence-corrected chi connectivity index (χ3v) is 5.09. The minimum atomic E-state index is -3.25. The van der Waals surface area contributed by atoms with E-state index in [9.17, 15) is 12.8 Å². The second-order valence-corrected chi connectivity index (χ2v) is 7.69. The van der Waals surface area contributed by atoms with E-state index in [2.05, 4.69) is 0 Å². The molecule has 0 bridgehead atoms. The smallest absolute Gasteiger partial charge is 0.175 e. The van der Waals surface area contributed by atoms with E-state index in [0.717, 1.165) is 6.26 Å². The molecule has 1 unspecified atom stereocenters. The van der Waals surface area contributed by atoms with Crippen LogP contribution in [-0.2, 0) is 9.84 Å². The molecule has 2 aromatic carbocycles. The molecular formula is C15H13Cl2FO2S. The standard InChI is InChI=1S/C15H13Cl2FO2S/c1-9-7-12(13(16)8-14(9)18)15(17)10-3-5-11(6-4-10)21(2,19)20/h3-8,15H,1-2H3. The van der Waals surface area contributed by atoms with Gasteiger partial charge in [0.25, 0.3) is 0 Å². The fraction of sp³-hybridized carbons (Fsp3) is 0.200. The van der Waals surface area contributed by atoms with Gasteiger partial charge in [0, 0.05) is 11.3 Å². The van der Waals surface area contributed by atoms with Crippen LogP contribution in [0.2, 0.25) is 5.02 Å². The fourth-order valence-electron chi connectivity index (χ4n) is 1.94. The lowest BCUT2D eigenvalue weighted by atomic mass is 10.0. The molecule has 0 heterocycles. The highest BCUT2D eigenvalue weighted by atomic mass is 35.5. The molecule has 0 N–H and O–H groups in total. The van der Waals surface area contributed by atoms with Crippen molar-refractivity contribution in [3.05, 3.63) is 63.9 Å². The molecule has 112 valence electrons. The van der Waals surface area contributed by atoms with Crippen LogP contribution >= 0.6 is 23.2 Å². The summed E-state index contributed by atoms with van der Waals surface area (Å²) >= 11 is 12.4. The Morgan fingerprint density at radius 1 is 1.14 bits per heavy atom. The Morgan fingerprint density at radius 2 is 1.71 bits per heavy atom. The predicted molar refractivity (Wildman–Crippen MR) is 83.4 cm³/mol. The van der Waals surface area contributed by atoms with Crippen LogP contribution in [0.15, 0.2) is 41.3 Å². The van der Waals surface area contributed by atoms with Gasteiger partial charge in [0.2, 0.25) is 0 Å². The first-order valence-electron chi connectivity index (χ1n) is 6.10. The highest BCUT2D eigenvalue weighted by Gasteiger charge is 2.17. The first kappa shape index (κ1) is 16.3. The topological polar surface area (TPSA) is 34.1 Å². The van der Waals surface area contributed by atoms with Crippen molar-refractivity contribution in [2.24, 2.45) is 0 Å². The summed E-state index contributed by atoms with van der Waals surface area (Å²) in [7, 11) is -3.25. The molecule has 0 saturated carbocycles. The normalized spacial score (nSPS) is 13.2. The molecule has 0 aliphatic rings. The second kappa shape index (κ2) is 5.95. The van der Waals surface area contributed by atoms with Crippen molar-refractivity contribution in [2.45, 2.75) is 17.2 Å². The molecule has 0 aliphatic carbocycles. The van der Waals surface area contributed by atoms with Crippen molar-refractivity contribution in [3.8, 4) is 0 Å². The Labute approximate surface area is 133 Å². The average molecular weight is 347 g/mol. The van der Waals surface area contributed by atoms with Gasteiger partial charge in [-0.05, 0) is 47.9 Å². The molecule has 0 aliphatic heterocycles. The molecule has 2 nitrogen and oxygen atoms in total. The number of halogens is 3. The lowest BCUT2D eigenvalue weighted by molar-refractivity contribution is 0.602. The zero-order valence-electron chi connectivity index (χ0n) is 11.4. The van der Waals surface area contributed by atoms with E-state index in [1.54, 1.807) is 25.1 Å². The number of hydrogen-bond donors (Lipinski definition) is 0. The Balaban J connectivity index is 2.41. The van der Waals surface area contributed by atoms with E-state index >= 15 is 0 Å². The minimum absolute atomic E-state index is 0.219. The molecule has 0 amide bonds. The van der Waals surface area contributed by atoms with Crippen molar-refractivity contribution >= 4 is 33.0 Å². The van der Waals surface area contributed by atoms with Crippen molar-refractivity contribution in [1.82, 2.24) is 0 Å². The largest absolute Gasteiger partial charge is 0.224 e. The van der Waals surface area contributed by atoms with E-state index in [1.807, 2.05) is 0 Å². The number of hydrogen-bond acceptors (Lipinski definition) is 2. The molecule has 21 heavy (non-hydrogen) atoms. The van der Waals surface area contributed by atoms with Crippen LogP contribution in [0.25, 0.3) is 0 Å². The molecule has 2 aromatic rings. The van der Waals surface area contributed by atoms with Gasteiger partial charge in [-0.1, -0.05) is 23.7 Å². The average Bonchev–Trinajstić information content (AvgIpc) is 2.41. The SMILES string of the molecule is Cc1cc(C(Cl)c2ccc(S(C)(=O)=O)cc2)c(Cl)cc1F. The molecule has 6 heteroatoms. The van der Waals surface area contributed by atoms with Crippen LogP contribution in [0.3, 0.4) is 0 Å². The zero-order valence-corrected chi connectivity index (χ0v) is 13.7. The van der Waals surface area contributed by atoms with Crippen LogP contribution < -0.4 is 0 Å². The molecule has 0 radical (unpaired) electrons. The molecule has 0 aromatic heterocycles. The summed E-state index contributed by atoms with van der Waals surface area (Å²) in [6, 6.07) is 9.06. The van der Waals surface area contributed by atoms with Crippen molar-refractivity contribution in [1.29, 1.82) is 0 Å². The van der Waals surface area contributed by atoms with Crippen LogP contribution in [0.4, 0.5) is 4.39 Å². The summed E-state index contributed by atoms with van der Waals surface area (Å²) in [6.45, 7) is 1.63. The van der Waals surface area contributed by atoms with E-state index in [4.69, 9.17) is 23.2 Å². The highest BCUT2D eigenvalue weighted by molar-refractivity contribution is 7.90. The van der Waals surface area contributed by atoms with Crippen LogP contribution in [-0.4, -0.2) is 14.7 Å². The van der Waals surface area contributed by atoms with Gasteiger partial charge in [0.15, 0.2) is 9.84 Å². The summed E-state index contributed by atoms with van der Waals surface area (Å²) in [5.41, 5.74) is 1.73. The number of benzene rings is 2. The van der Waals surface area contributed by atoms with Gasteiger partial charge in [-0.2, -0.15) is 0 Å². The van der Waals surface area contributed by atoms with Gasteiger partial charge in [-0.25, -0.2) is 12.8 Å². The third-order valence-electron chi connectivity index (χ3n) is 3.15. The Morgan fingerprint density at radius 3 is 2.24 bits per heavy atom. The lowest BCUT2D eigenvalue weighted by Crippen LogP contribution is -2.00. The molecule has 2 rings (SSSR count). The predicted octanol–water partition coefficient (Wildman–Crippen LogP) is 4.52. The van der Waals surface area contributed by atoms with Gasteiger partial charge in [-0.3, -0.25) is 0 Å². The lowest BCUT2D eigenvalue weighted by Gasteiger charge is -2.14. The van der Waals surface area contributed by atoms with E-state index in [-0.39, 0.29) is 15.7 Å². The van der Waals surface area contributed by atoms with Gasteiger partial charge >= 0.3 is 0 Å². The molecule has 1 atom stereocenters.